The predicted octanol–water partition coefficient (Wildman–Crippen LogP) is 1.72. The SMILES string of the molecule is CCNC(=O)c1ccc(N2C[C@@H]3C[C@H](C2)c2cccc(=O)n2C3)c(NC(=O)C(=O)OCC)c1. The molecule has 1 aromatic carbocycles. The first-order valence-electron chi connectivity index (χ1n) is 11.3. The maximum absolute atomic E-state index is 12.4. The number of fused-ring (bicyclic) bond motifs is 4. The summed E-state index contributed by atoms with van der Waals surface area (Å²) in [7, 11) is 0. The Morgan fingerprint density at radius 3 is 2.67 bits per heavy atom. The van der Waals surface area contributed by atoms with E-state index in [4.69, 9.17) is 4.74 Å². The largest absolute Gasteiger partial charge is 0.459 e. The van der Waals surface area contributed by atoms with Crippen LogP contribution in [0.2, 0.25) is 0 Å². The van der Waals surface area contributed by atoms with Gasteiger partial charge in [-0.2, -0.15) is 0 Å². The minimum Gasteiger partial charge on any atom is -0.459 e. The molecule has 0 aliphatic carbocycles. The topological polar surface area (TPSA) is 110 Å². The summed E-state index contributed by atoms with van der Waals surface area (Å²) in [6.45, 7) is 6.01. The van der Waals surface area contributed by atoms with E-state index in [1.165, 1.54) is 0 Å². The molecule has 1 fully saturated rings. The Labute approximate surface area is 191 Å². The zero-order valence-corrected chi connectivity index (χ0v) is 18.8. The lowest BCUT2D eigenvalue weighted by Gasteiger charge is -2.44. The summed E-state index contributed by atoms with van der Waals surface area (Å²) in [5.41, 5.74) is 2.52. The number of carbonyl (C=O) groups excluding carboxylic acids is 3. The first kappa shape index (κ1) is 22.6. The zero-order valence-electron chi connectivity index (χ0n) is 18.8. The van der Waals surface area contributed by atoms with Crippen molar-refractivity contribution in [3.8, 4) is 0 Å². The number of ether oxygens (including phenoxy) is 1. The standard InChI is InChI=1S/C24H28N4O5/c1-3-25-22(30)16-8-9-20(18(11-16)26-23(31)24(32)33-4-2)27-12-15-10-17(14-27)19-6-5-7-21(29)28(19)13-15/h5-9,11,15,17H,3-4,10,12-14H2,1-2H3,(H,25,30)(H,26,31)/t15-,17+/m0/s1. The molecular formula is C24H28N4O5. The van der Waals surface area contributed by atoms with Crippen molar-refractivity contribution in [3.63, 3.8) is 0 Å². The van der Waals surface area contributed by atoms with E-state index in [0.717, 1.165) is 17.8 Å². The van der Waals surface area contributed by atoms with Crippen molar-refractivity contribution in [2.75, 3.05) is 36.5 Å². The summed E-state index contributed by atoms with van der Waals surface area (Å²) in [5, 5.41) is 5.38. The monoisotopic (exact) mass is 452 g/mol. The van der Waals surface area contributed by atoms with E-state index in [1.54, 1.807) is 37.3 Å². The molecule has 0 radical (unpaired) electrons. The minimum absolute atomic E-state index is 0.0179. The third-order valence-corrected chi connectivity index (χ3v) is 6.13. The number of benzene rings is 1. The van der Waals surface area contributed by atoms with Crippen molar-refractivity contribution in [1.82, 2.24) is 9.88 Å². The molecule has 1 saturated heterocycles. The van der Waals surface area contributed by atoms with Crippen molar-refractivity contribution in [1.29, 1.82) is 0 Å². The van der Waals surface area contributed by atoms with Crippen LogP contribution < -0.4 is 21.1 Å². The molecule has 2 aliphatic rings. The van der Waals surface area contributed by atoms with Crippen molar-refractivity contribution in [2.24, 2.45) is 5.92 Å². The zero-order chi connectivity index (χ0) is 23.5. The van der Waals surface area contributed by atoms with Crippen LogP contribution in [0, 0.1) is 5.92 Å². The van der Waals surface area contributed by atoms with Gasteiger partial charge in [0.05, 0.1) is 18.0 Å². The van der Waals surface area contributed by atoms with Crippen LogP contribution in [0.15, 0.2) is 41.2 Å². The molecule has 2 N–H and O–H groups in total. The van der Waals surface area contributed by atoms with E-state index in [-0.39, 0.29) is 29.9 Å². The van der Waals surface area contributed by atoms with E-state index in [2.05, 4.69) is 15.5 Å². The lowest BCUT2D eigenvalue weighted by molar-refractivity contribution is -0.152. The highest BCUT2D eigenvalue weighted by Crippen LogP contribution is 2.39. The Morgan fingerprint density at radius 2 is 1.91 bits per heavy atom. The van der Waals surface area contributed by atoms with Crippen molar-refractivity contribution in [2.45, 2.75) is 32.7 Å². The second-order valence-electron chi connectivity index (χ2n) is 8.37. The van der Waals surface area contributed by atoms with Crippen LogP contribution >= 0.6 is 0 Å². The van der Waals surface area contributed by atoms with Gasteiger partial charge < -0.3 is 24.8 Å². The number of hydrogen-bond acceptors (Lipinski definition) is 6. The molecule has 0 spiro atoms. The third-order valence-electron chi connectivity index (χ3n) is 6.13. The van der Waals surface area contributed by atoms with E-state index < -0.39 is 11.9 Å². The minimum atomic E-state index is -0.976. The van der Waals surface area contributed by atoms with E-state index >= 15 is 0 Å². The highest BCUT2D eigenvalue weighted by Gasteiger charge is 2.35. The second-order valence-corrected chi connectivity index (χ2v) is 8.37. The van der Waals surface area contributed by atoms with Gasteiger partial charge in [-0.15, -0.1) is 0 Å². The second kappa shape index (κ2) is 9.48. The molecule has 1 aromatic heterocycles. The third kappa shape index (κ3) is 4.62. The smallest absolute Gasteiger partial charge is 0.397 e. The first-order chi connectivity index (χ1) is 15.9. The summed E-state index contributed by atoms with van der Waals surface area (Å²) >= 11 is 0. The highest BCUT2D eigenvalue weighted by molar-refractivity contribution is 6.37. The number of hydrogen-bond donors (Lipinski definition) is 2. The quantitative estimate of drug-likeness (QED) is 0.528. The molecule has 0 unspecified atom stereocenters. The van der Waals surface area contributed by atoms with Crippen LogP contribution in [0.25, 0.3) is 0 Å². The van der Waals surface area contributed by atoms with Gasteiger partial charge in [0.1, 0.15) is 0 Å². The number of nitrogens with one attached hydrogen (secondary N) is 2. The number of esters is 1. The first-order valence-corrected chi connectivity index (χ1v) is 11.3. The maximum atomic E-state index is 12.4. The Bertz CT molecular complexity index is 1140. The van der Waals surface area contributed by atoms with Crippen LogP contribution in [0.4, 0.5) is 11.4 Å². The molecule has 9 heteroatoms. The fourth-order valence-corrected chi connectivity index (χ4v) is 4.78. The number of piperidine rings is 1. The van der Waals surface area contributed by atoms with Gasteiger partial charge in [-0.1, -0.05) is 6.07 Å². The van der Waals surface area contributed by atoms with Crippen molar-refractivity contribution >= 4 is 29.2 Å². The molecule has 2 bridgehead atoms. The molecule has 174 valence electrons. The van der Waals surface area contributed by atoms with E-state index in [0.29, 0.717) is 37.4 Å². The molecule has 2 aliphatic heterocycles. The predicted molar refractivity (Wildman–Crippen MR) is 123 cm³/mol. The van der Waals surface area contributed by atoms with Crippen LogP contribution in [0.1, 0.15) is 42.2 Å². The van der Waals surface area contributed by atoms with Gasteiger partial charge in [0.2, 0.25) is 0 Å². The molecule has 2 atom stereocenters. The van der Waals surface area contributed by atoms with Gasteiger partial charge in [-0.25, -0.2) is 4.79 Å². The fraction of sp³-hybridized carbons (Fsp3) is 0.417. The summed E-state index contributed by atoms with van der Waals surface area (Å²) < 4.78 is 6.67. The summed E-state index contributed by atoms with van der Waals surface area (Å²) in [5.74, 6) is -1.69. The molecule has 3 heterocycles. The highest BCUT2D eigenvalue weighted by atomic mass is 16.5. The van der Waals surface area contributed by atoms with Gasteiger partial charge in [0, 0.05) is 49.4 Å². The number of amides is 2. The van der Waals surface area contributed by atoms with Gasteiger partial charge in [0.25, 0.3) is 11.5 Å². The van der Waals surface area contributed by atoms with E-state index in [9.17, 15) is 19.2 Å². The van der Waals surface area contributed by atoms with Crippen molar-refractivity contribution in [3.05, 3.63) is 58.0 Å². The lowest BCUT2D eigenvalue weighted by atomic mass is 9.83. The molecule has 4 rings (SSSR count). The number of nitrogens with zero attached hydrogens (tertiary/aromatic N) is 2. The number of anilines is 2. The maximum Gasteiger partial charge on any atom is 0.397 e. The van der Waals surface area contributed by atoms with Crippen molar-refractivity contribution < 1.29 is 19.1 Å². The summed E-state index contributed by atoms with van der Waals surface area (Å²) in [4.78, 5) is 51.2. The summed E-state index contributed by atoms with van der Waals surface area (Å²) in [6, 6.07) is 10.5. The molecule has 0 saturated carbocycles. The molecule has 33 heavy (non-hydrogen) atoms. The Hall–Kier alpha value is -3.62. The number of aromatic nitrogens is 1. The average Bonchev–Trinajstić information content (AvgIpc) is 2.80. The Balaban J connectivity index is 1.66. The molecule has 2 amide bonds. The normalized spacial score (nSPS) is 18.8. The molecular weight excluding hydrogens is 424 g/mol. The van der Waals surface area contributed by atoms with Crippen LogP contribution in [-0.4, -0.2) is 48.6 Å². The van der Waals surface area contributed by atoms with E-state index in [1.807, 2.05) is 17.6 Å². The van der Waals surface area contributed by atoms with Gasteiger partial charge in [0.15, 0.2) is 0 Å². The number of rotatable bonds is 5. The lowest BCUT2D eigenvalue weighted by Crippen LogP contribution is -2.47. The van der Waals surface area contributed by atoms with Crippen LogP contribution in [0.5, 0.6) is 0 Å². The average molecular weight is 453 g/mol. The van der Waals surface area contributed by atoms with Gasteiger partial charge in [-0.3, -0.25) is 14.4 Å². The van der Waals surface area contributed by atoms with Gasteiger partial charge >= 0.3 is 11.9 Å². The fourth-order valence-electron chi connectivity index (χ4n) is 4.78. The number of carbonyl (C=O) groups is 3. The summed E-state index contributed by atoms with van der Waals surface area (Å²) in [6.07, 6.45) is 0.988. The molecule has 2 aromatic rings. The Morgan fingerprint density at radius 1 is 1.09 bits per heavy atom. The van der Waals surface area contributed by atoms with Crippen LogP contribution in [0.3, 0.4) is 0 Å². The Kier molecular flexibility index (Phi) is 6.48. The molecule has 9 nitrogen and oxygen atoms in total. The number of pyridine rings is 1. The van der Waals surface area contributed by atoms with Crippen LogP contribution in [-0.2, 0) is 20.9 Å². The van der Waals surface area contributed by atoms with Gasteiger partial charge in [-0.05, 0) is 50.5 Å².